The highest BCUT2D eigenvalue weighted by Crippen LogP contribution is 2.15. The van der Waals surface area contributed by atoms with Crippen molar-refractivity contribution in [1.82, 2.24) is 0 Å². The van der Waals surface area contributed by atoms with Crippen LogP contribution in [0.1, 0.15) is 10.4 Å². The van der Waals surface area contributed by atoms with Gasteiger partial charge in [0.1, 0.15) is 11.6 Å². The van der Waals surface area contributed by atoms with Gasteiger partial charge in [0, 0.05) is 5.69 Å². The van der Waals surface area contributed by atoms with Crippen molar-refractivity contribution in [2.24, 2.45) is 0 Å². The summed E-state index contributed by atoms with van der Waals surface area (Å²) in [4.78, 5) is 23.3. The quantitative estimate of drug-likeness (QED) is 0.862. The van der Waals surface area contributed by atoms with Crippen molar-refractivity contribution in [3.8, 4) is 5.75 Å². The van der Waals surface area contributed by atoms with Gasteiger partial charge < -0.3 is 14.8 Å². The average molecular weight is 303 g/mol. The van der Waals surface area contributed by atoms with Gasteiger partial charge >= 0.3 is 5.97 Å². The molecule has 0 fully saturated rings. The lowest BCUT2D eigenvalue weighted by Crippen LogP contribution is -2.21. The van der Waals surface area contributed by atoms with E-state index in [1.54, 1.807) is 24.3 Å². The fraction of sp³-hybridized carbons (Fsp3) is 0.125. The number of carbonyl (C=O) groups is 2. The van der Waals surface area contributed by atoms with E-state index in [0.717, 1.165) is 6.07 Å². The Balaban J connectivity index is 1.87. The van der Waals surface area contributed by atoms with Gasteiger partial charge in [0.2, 0.25) is 0 Å². The summed E-state index contributed by atoms with van der Waals surface area (Å²) in [6, 6.07) is 12.1. The first-order valence-corrected chi connectivity index (χ1v) is 6.45. The Kier molecular flexibility index (Phi) is 5.08. The van der Waals surface area contributed by atoms with Crippen LogP contribution in [0.15, 0.2) is 48.5 Å². The van der Waals surface area contributed by atoms with E-state index >= 15 is 0 Å². The monoisotopic (exact) mass is 303 g/mol. The molecule has 0 saturated carbocycles. The molecule has 0 radical (unpaired) electrons. The standard InChI is InChI=1S/C16H14FNO4/c1-21-12-8-6-11(7-9-12)18-15(19)10-22-16(20)13-4-2-3-5-14(13)17/h2-9H,10H2,1H3,(H,18,19). The Morgan fingerprint density at radius 1 is 1.09 bits per heavy atom. The third-order valence-electron chi connectivity index (χ3n) is 2.80. The molecule has 22 heavy (non-hydrogen) atoms. The van der Waals surface area contributed by atoms with E-state index in [0.29, 0.717) is 11.4 Å². The molecule has 6 heteroatoms. The highest BCUT2D eigenvalue weighted by molar-refractivity contribution is 5.95. The van der Waals surface area contributed by atoms with Gasteiger partial charge in [0.25, 0.3) is 5.91 Å². The fourth-order valence-electron chi connectivity index (χ4n) is 1.71. The maximum Gasteiger partial charge on any atom is 0.341 e. The van der Waals surface area contributed by atoms with Gasteiger partial charge in [-0.2, -0.15) is 0 Å². The van der Waals surface area contributed by atoms with E-state index in [2.05, 4.69) is 5.32 Å². The van der Waals surface area contributed by atoms with Gasteiger partial charge in [-0.15, -0.1) is 0 Å². The molecule has 1 N–H and O–H groups in total. The first-order valence-electron chi connectivity index (χ1n) is 6.45. The predicted octanol–water partition coefficient (Wildman–Crippen LogP) is 2.63. The largest absolute Gasteiger partial charge is 0.497 e. The molecular formula is C16H14FNO4. The molecule has 0 atom stereocenters. The van der Waals surface area contributed by atoms with Gasteiger partial charge in [0.15, 0.2) is 6.61 Å². The zero-order chi connectivity index (χ0) is 15.9. The second kappa shape index (κ2) is 7.21. The molecule has 0 unspecified atom stereocenters. The molecule has 0 heterocycles. The van der Waals surface area contributed by atoms with E-state index in [-0.39, 0.29) is 5.56 Å². The Bertz CT molecular complexity index is 670. The summed E-state index contributed by atoms with van der Waals surface area (Å²) in [6.07, 6.45) is 0. The maximum absolute atomic E-state index is 13.4. The molecule has 2 rings (SSSR count). The first-order chi connectivity index (χ1) is 10.6. The molecule has 114 valence electrons. The van der Waals surface area contributed by atoms with Gasteiger partial charge in [0.05, 0.1) is 12.7 Å². The number of esters is 1. The molecule has 1 amide bonds. The molecular weight excluding hydrogens is 289 g/mol. The van der Waals surface area contributed by atoms with Crippen molar-refractivity contribution in [2.45, 2.75) is 0 Å². The number of hydrogen-bond acceptors (Lipinski definition) is 4. The molecule has 0 aliphatic carbocycles. The lowest BCUT2D eigenvalue weighted by atomic mass is 10.2. The lowest BCUT2D eigenvalue weighted by molar-refractivity contribution is -0.119. The van der Waals surface area contributed by atoms with Gasteiger partial charge in [-0.25, -0.2) is 9.18 Å². The number of methoxy groups -OCH3 is 1. The summed E-state index contributed by atoms with van der Waals surface area (Å²) in [5.41, 5.74) is 0.326. The van der Waals surface area contributed by atoms with Crippen LogP contribution in [0.2, 0.25) is 0 Å². The Morgan fingerprint density at radius 2 is 1.77 bits per heavy atom. The number of halogens is 1. The van der Waals surface area contributed by atoms with E-state index < -0.39 is 24.3 Å². The van der Waals surface area contributed by atoms with Crippen molar-refractivity contribution in [1.29, 1.82) is 0 Å². The summed E-state index contributed by atoms with van der Waals surface area (Å²) in [7, 11) is 1.54. The maximum atomic E-state index is 13.4. The molecule has 0 aromatic heterocycles. The van der Waals surface area contributed by atoms with Crippen LogP contribution >= 0.6 is 0 Å². The number of carbonyl (C=O) groups excluding carboxylic acids is 2. The lowest BCUT2D eigenvalue weighted by Gasteiger charge is -2.07. The minimum absolute atomic E-state index is 0.209. The number of nitrogens with one attached hydrogen (secondary N) is 1. The van der Waals surface area contributed by atoms with Crippen LogP contribution in [0.3, 0.4) is 0 Å². The summed E-state index contributed by atoms with van der Waals surface area (Å²) in [5, 5.41) is 2.55. The number of benzene rings is 2. The third kappa shape index (κ3) is 4.05. The minimum Gasteiger partial charge on any atom is -0.497 e. The van der Waals surface area contributed by atoms with Crippen LogP contribution in [0.4, 0.5) is 10.1 Å². The SMILES string of the molecule is COc1ccc(NC(=O)COC(=O)c2ccccc2F)cc1. The van der Waals surface area contributed by atoms with Crippen LogP contribution in [0.25, 0.3) is 0 Å². The average Bonchev–Trinajstić information content (AvgIpc) is 2.54. The third-order valence-corrected chi connectivity index (χ3v) is 2.80. The normalized spacial score (nSPS) is 9.91. The van der Waals surface area contributed by atoms with Crippen LogP contribution in [-0.4, -0.2) is 25.6 Å². The number of ether oxygens (including phenoxy) is 2. The molecule has 0 spiro atoms. The predicted molar refractivity (Wildman–Crippen MR) is 78.3 cm³/mol. The molecule has 0 saturated heterocycles. The summed E-state index contributed by atoms with van der Waals surface area (Å²) in [5.74, 6) is -1.44. The van der Waals surface area contributed by atoms with Crippen molar-refractivity contribution in [2.75, 3.05) is 19.0 Å². The molecule has 0 aliphatic rings. The molecule has 2 aromatic rings. The fourth-order valence-corrected chi connectivity index (χ4v) is 1.71. The summed E-state index contributed by atoms with van der Waals surface area (Å²) >= 11 is 0. The Hall–Kier alpha value is -2.89. The first kappa shape index (κ1) is 15.5. The molecule has 2 aromatic carbocycles. The highest BCUT2D eigenvalue weighted by atomic mass is 19.1. The Morgan fingerprint density at radius 3 is 2.41 bits per heavy atom. The topological polar surface area (TPSA) is 64.6 Å². The van der Waals surface area contributed by atoms with Crippen LogP contribution in [-0.2, 0) is 9.53 Å². The van der Waals surface area contributed by atoms with Crippen LogP contribution in [0.5, 0.6) is 5.75 Å². The Labute approximate surface area is 126 Å². The second-order valence-electron chi connectivity index (χ2n) is 4.33. The van der Waals surface area contributed by atoms with Crippen molar-refractivity contribution in [3.63, 3.8) is 0 Å². The van der Waals surface area contributed by atoms with Crippen molar-refractivity contribution >= 4 is 17.6 Å². The van der Waals surface area contributed by atoms with Crippen LogP contribution in [0, 0.1) is 5.82 Å². The zero-order valence-corrected chi connectivity index (χ0v) is 11.8. The molecule has 5 nitrogen and oxygen atoms in total. The van der Waals surface area contributed by atoms with Gasteiger partial charge in [-0.1, -0.05) is 12.1 Å². The second-order valence-corrected chi connectivity index (χ2v) is 4.33. The van der Waals surface area contributed by atoms with E-state index in [4.69, 9.17) is 9.47 Å². The number of rotatable bonds is 5. The summed E-state index contributed by atoms with van der Waals surface area (Å²) in [6.45, 7) is -0.501. The van der Waals surface area contributed by atoms with Gasteiger partial charge in [-0.05, 0) is 36.4 Å². The van der Waals surface area contributed by atoms with E-state index in [1.165, 1.54) is 25.3 Å². The summed E-state index contributed by atoms with van der Waals surface area (Å²) < 4.78 is 23.1. The number of hydrogen-bond donors (Lipinski definition) is 1. The minimum atomic E-state index is -0.886. The van der Waals surface area contributed by atoms with Gasteiger partial charge in [-0.3, -0.25) is 4.79 Å². The zero-order valence-electron chi connectivity index (χ0n) is 11.8. The molecule has 0 aliphatic heterocycles. The number of amides is 1. The highest BCUT2D eigenvalue weighted by Gasteiger charge is 2.14. The smallest absolute Gasteiger partial charge is 0.341 e. The van der Waals surface area contributed by atoms with Crippen molar-refractivity contribution < 1.29 is 23.5 Å². The van der Waals surface area contributed by atoms with E-state index in [9.17, 15) is 14.0 Å². The molecule has 0 bridgehead atoms. The van der Waals surface area contributed by atoms with Crippen molar-refractivity contribution in [3.05, 3.63) is 59.9 Å². The van der Waals surface area contributed by atoms with E-state index in [1.807, 2.05) is 0 Å². The number of anilines is 1. The van der Waals surface area contributed by atoms with Crippen LogP contribution < -0.4 is 10.1 Å².